The smallest absolute Gasteiger partial charge is 0.336 e. The molecule has 21 heavy (non-hydrogen) atoms. The quantitative estimate of drug-likeness (QED) is 0.641. The number of methoxy groups -OCH3 is 1. The number of carbonyl (C=O) groups is 1. The Kier molecular flexibility index (Phi) is 5.44. The summed E-state index contributed by atoms with van der Waals surface area (Å²) < 4.78 is 10.6. The van der Waals surface area contributed by atoms with Crippen molar-refractivity contribution < 1.29 is 13.9 Å². The molecule has 0 fully saturated rings. The van der Waals surface area contributed by atoms with Gasteiger partial charge in [-0.25, -0.2) is 4.79 Å². The monoisotopic (exact) mass is 371 g/mol. The predicted octanol–water partition coefficient (Wildman–Crippen LogP) is 2.29. The molecule has 0 amide bonds. The zero-order valence-corrected chi connectivity index (χ0v) is 13.7. The van der Waals surface area contributed by atoms with Crippen molar-refractivity contribution in [1.29, 1.82) is 0 Å². The summed E-state index contributed by atoms with van der Waals surface area (Å²) in [6, 6.07) is 6.33. The van der Waals surface area contributed by atoms with E-state index in [1.807, 2.05) is 12.1 Å². The minimum absolute atomic E-state index is 0.395. The number of rotatable bonds is 5. The summed E-state index contributed by atoms with van der Waals surface area (Å²) in [6.07, 6.45) is 0. The molecule has 2 N–H and O–H groups in total. The van der Waals surface area contributed by atoms with E-state index < -0.39 is 17.6 Å². The lowest BCUT2D eigenvalue weighted by atomic mass is 10.1. The molecule has 5 nitrogen and oxygen atoms in total. The number of thioether (sulfide) groups is 1. The maximum Gasteiger partial charge on any atom is 0.336 e. The maximum atomic E-state index is 11.6. The van der Waals surface area contributed by atoms with Crippen LogP contribution >= 0.6 is 27.7 Å². The molecule has 7 heteroatoms. The van der Waals surface area contributed by atoms with Crippen LogP contribution in [0.3, 0.4) is 0 Å². The van der Waals surface area contributed by atoms with Crippen molar-refractivity contribution >= 4 is 44.6 Å². The van der Waals surface area contributed by atoms with E-state index in [1.165, 1.54) is 24.9 Å². The highest BCUT2D eigenvalue weighted by Crippen LogP contribution is 2.24. The van der Waals surface area contributed by atoms with Crippen molar-refractivity contribution in [2.24, 2.45) is 5.73 Å². The molecule has 2 aromatic rings. The SMILES string of the molecule is COC(=O)C(N)CSCc1cc(=O)oc2cc(Br)ccc12. The van der Waals surface area contributed by atoms with Gasteiger partial charge in [0, 0.05) is 27.4 Å². The Hall–Kier alpha value is -1.31. The van der Waals surface area contributed by atoms with Gasteiger partial charge in [-0.2, -0.15) is 11.8 Å². The Balaban J connectivity index is 2.15. The Morgan fingerprint density at radius 1 is 1.48 bits per heavy atom. The van der Waals surface area contributed by atoms with Crippen LogP contribution in [-0.2, 0) is 15.3 Å². The van der Waals surface area contributed by atoms with Gasteiger partial charge in [0.05, 0.1) is 7.11 Å². The fourth-order valence-electron chi connectivity index (χ4n) is 1.84. The zero-order chi connectivity index (χ0) is 15.4. The van der Waals surface area contributed by atoms with Crippen LogP contribution in [0.4, 0.5) is 0 Å². The van der Waals surface area contributed by atoms with Crippen LogP contribution in [0.2, 0.25) is 0 Å². The lowest BCUT2D eigenvalue weighted by molar-refractivity contribution is -0.141. The number of hydrogen-bond donors (Lipinski definition) is 1. The van der Waals surface area contributed by atoms with E-state index in [9.17, 15) is 9.59 Å². The first-order valence-corrected chi connectivity index (χ1v) is 8.09. The number of benzene rings is 1. The standard InChI is InChI=1S/C14H14BrNO4S/c1-19-14(18)11(16)7-21-6-8-4-13(17)20-12-5-9(15)2-3-10(8)12/h2-5,11H,6-7,16H2,1H3. The number of esters is 1. The first-order valence-electron chi connectivity index (χ1n) is 6.14. The Labute approximate surface area is 134 Å². The van der Waals surface area contributed by atoms with Gasteiger partial charge in [-0.1, -0.05) is 15.9 Å². The van der Waals surface area contributed by atoms with Crippen LogP contribution in [0.1, 0.15) is 5.56 Å². The van der Waals surface area contributed by atoms with Crippen molar-refractivity contribution in [3.63, 3.8) is 0 Å². The Morgan fingerprint density at radius 3 is 2.95 bits per heavy atom. The molecule has 1 aromatic heterocycles. The predicted molar refractivity (Wildman–Crippen MR) is 86.3 cm³/mol. The van der Waals surface area contributed by atoms with E-state index >= 15 is 0 Å². The largest absolute Gasteiger partial charge is 0.468 e. The van der Waals surface area contributed by atoms with E-state index in [-0.39, 0.29) is 0 Å². The highest BCUT2D eigenvalue weighted by molar-refractivity contribution is 9.10. The first kappa shape index (κ1) is 16.1. The molecule has 0 aliphatic heterocycles. The third-order valence-electron chi connectivity index (χ3n) is 2.85. The summed E-state index contributed by atoms with van der Waals surface area (Å²) in [7, 11) is 1.31. The third kappa shape index (κ3) is 4.09. The molecular weight excluding hydrogens is 358 g/mol. The van der Waals surface area contributed by atoms with Gasteiger partial charge in [0.1, 0.15) is 11.6 Å². The number of nitrogens with two attached hydrogens (primary N) is 1. The maximum absolute atomic E-state index is 11.6. The fourth-order valence-corrected chi connectivity index (χ4v) is 3.15. The van der Waals surface area contributed by atoms with Crippen LogP contribution in [0.15, 0.2) is 37.9 Å². The van der Waals surface area contributed by atoms with Gasteiger partial charge in [-0.05, 0) is 23.8 Å². The van der Waals surface area contributed by atoms with E-state index in [2.05, 4.69) is 20.7 Å². The number of ether oxygens (including phenoxy) is 1. The molecule has 0 aliphatic carbocycles. The number of fused-ring (bicyclic) bond motifs is 1. The van der Waals surface area contributed by atoms with Gasteiger partial charge in [0.2, 0.25) is 0 Å². The molecule has 1 atom stereocenters. The van der Waals surface area contributed by atoms with Gasteiger partial charge in [0.15, 0.2) is 0 Å². The number of hydrogen-bond acceptors (Lipinski definition) is 6. The number of carbonyl (C=O) groups excluding carboxylic acids is 1. The third-order valence-corrected chi connectivity index (χ3v) is 4.45. The summed E-state index contributed by atoms with van der Waals surface area (Å²) in [5, 5.41) is 0.872. The summed E-state index contributed by atoms with van der Waals surface area (Å²) in [5.74, 6) is 0.545. The molecule has 0 aliphatic rings. The Morgan fingerprint density at radius 2 is 2.24 bits per heavy atom. The molecule has 0 spiro atoms. The fraction of sp³-hybridized carbons (Fsp3) is 0.286. The van der Waals surface area contributed by atoms with Crippen molar-refractivity contribution in [2.45, 2.75) is 11.8 Å². The topological polar surface area (TPSA) is 82.5 Å². The molecular formula is C14H14BrNO4S. The van der Waals surface area contributed by atoms with Crippen LogP contribution in [0, 0.1) is 0 Å². The van der Waals surface area contributed by atoms with E-state index in [0.29, 0.717) is 17.1 Å². The molecule has 0 saturated carbocycles. The van der Waals surface area contributed by atoms with Gasteiger partial charge < -0.3 is 14.9 Å². The van der Waals surface area contributed by atoms with E-state index in [4.69, 9.17) is 10.2 Å². The Bertz CT molecular complexity index is 716. The van der Waals surface area contributed by atoms with Gasteiger partial charge in [-0.15, -0.1) is 0 Å². The van der Waals surface area contributed by atoms with E-state index in [1.54, 1.807) is 6.07 Å². The summed E-state index contributed by atoms with van der Waals surface area (Å²) >= 11 is 4.81. The van der Waals surface area contributed by atoms with Crippen LogP contribution in [-0.4, -0.2) is 24.9 Å². The zero-order valence-electron chi connectivity index (χ0n) is 11.3. The average Bonchev–Trinajstić information content (AvgIpc) is 2.45. The van der Waals surface area contributed by atoms with Crippen LogP contribution < -0.4 is 11.4 Å². The highest BCUT2D eigenvalue weighted by atomic mass is 79.9. The minimum Gasteiger partial charge on any atom is -0.468 e. The summed E-state index contributed by atoms with van der Waals surface area (Å²) in [6.45, 7) is 0. The molecule has 0 saturated heterocycles. The molecule has 1 heterocycles. The van der Waals surface area contributed by atoms with Gasteiger partial charge >= 0.3 is 11.6 Å². The second-order valence-corrected chi connectivity index (χ2v) is 6.32. The van der Waals surface area contributed by atoms with Crippen molar-refractivity contribution in [2.75, 3.05) is 12.9 Å². The number of halogens is 1. The highest BCUT2D eigenvalue weighted by Gasteiger charge is 2.14. The summed E-state index contributed by atoms with van der Waals surface area (Å²) in [4.78, 5) is 22.8. The minimum atomic E-state index is -0.666. The van der Waals surface area contributed by atoms with Gasteiger partial charge in [-0.3, -0.25) is 4.79 Å². The van der Waals surface area contributed by atoms with Crippen molar-refractivity contribution in [1.82, 2.24) is 0 Å². The molecule has 2 rings (SSSR count). The molecule has 0 radical (unpaired) electrons. The second-order valence-electron chi connectivity index (χ2n) is 4.38. The van der Waals surface area contributed by atoms with Gasteiger partial charge in [0.25, 0.3) is 0 Å². The molecule has 112 valence electrons. The lowest BCUT2D eigenvalue weighted by Crippen LogP contribution is -2.33. The summed E-state index contributed by atoms with van der Waals surface area (Å²) in [5.41, 5.74) is 6.67. The molecule has 1 aromatic carbocycles. The van der Waals surface area contributed by atoms with Crippen LogP contribution in [0.25, 0.3) is 11.0 Å². The first-order chi connectivity index (χ1) is 10.0. The van der Waals surface area contributed by atoms with Crippen molar-refractivity contribution in [3.8, 4) is 0 Å². The van der Waals surface area contributed by atoms with Crippen LogP contribution in [0.5, 0.6) is 0 Å². The molecule has 0 bridgehead atoms. The normalized spacial score (nSPS) is 12.3. The lowest BCUT2D eigenvalue weighted by Gasteiger charge is -2.09. The van der Waals surface area contributed by atoms with Crippen molar-refractivity contribution in [3.05, 3.63) is 44.7 Å². The molecule has 1 unspecified atom stereocenters. The van der Waals surface area contributed by atoms with E-state index in [0.717, 1.165) is 15.4 Å². The second kappa shape index (κ2) is 7.11. The average molecular weight is 372 g/mol.